The maximum Gasteiger partial charge on any atom is 0.261 e. The Morgan fingerprint density at radius 2 is 1.67 bits per heavy atom. The summed E-state index contributed by atoms with van der Waals surface area (Å²) in [4.78, 5) is 28.5. The Balaban J connectivity index is 1.52. The molecule has 154 valence electrons. The van der Waals surface area contributed by atoms with Gasteiger partial charge < -0.3 is 15.5 Å². The van der Waals surface area contributed by atoms with E-state index in [0.717, 1.165) is 21.9 Å². The number of nitrogens with zero attached hydrogens (tertiary/aromatic N) is 1. The van der Waals surface area contributed by atoms with E-state index in [-0.39, 0.29) is 24.5 Å². The van der Waals surface area contributed by atoms with Gasteiger partial charge in [0.05, 0.1) is 11.8 Å². The third-order valence-electron chi connectivity index (χ3n) is 4.67. The molecule has 1 unspecified atom stereocenters. The number of benzene rings is 3. The molecule has 0 bridgehead atoms. The molecule has 0 aliphatic rings. The molecule has 6 nitrogen and oxygen atoms in total. The normalized spacial score (nSPS) is 12.3. The molecule has 1 atom stereocenters. The Hall–Kier alpha value is -3.67. The predicted molar refractivity (Wildman–Crippen MR) is 119 cm³/mol. The molecule has 0 fully saturated rings. The number of rotatable bonds is 7. The van der Waals surface area contributed by atoms with Crippen molar-refractivity contribution in [3.05, 3.63) is 77.9 Å². The number of nitrogens with one attached hydrogen (secondary N) is 2. The summed E-state index contributed by atoms with van der Waals surface area (Å²) in [6.45, 7) is 5.02. The van der Waals surface area contributed by atoms with Crippen LogP contribution in [-0.2, 0) is 14.4 Å². The van der Waals surface area contributed by atoms with E-state index in [1.165, 1.54) is 6.92 Å². The summed E-state index contributed by atoms with van der Waals surface area (Å²) < 4.78 is 0. The molecule has 0 aliphatic carbocycles. The fourth-order valence-electron chi connectivity index (χ4n) is 3.08. The minimum Gasteiger partial charge on any atom is -0.385 e. The second-order valence-electron chi connectivity index (χ2n) is 7.10. The van der Waals surface area contributed by atoms with Crippen molar-refractivity contribution in [3.63, 3.8) is 0 Å². The molecular weight excluding hydrogens is 378 g/mol. The van der Waals surface area contributed by atoms with Crippen LogP contribution >= 0.6 is 0 Å². The van der Waals surface area contributed by atoms with Gasteiger partial charge in [-0.2, -0.15) is 0 Å². The molecule has 3 aromatic rings. The molecule has 3 rings (SSSR count). The average Bonchev–Trinajstić information content (AvgIpc) is 2.73. The smallest absolute Gasteiger partial charge is 0.261 e. The lowest BCUT2D eigenvalue weighted by Gasteiger charge is -2.14. The van der Waals surface area contributed by atoms with Crippen LogP contribution in [0.5, 0.6) is 0 Å². The number of hydrogen-bond donors (Lipinski definition) is 2. The van der Waals surface area contributed by atoms with E-state index in [0.29, 0.717) is 11.4 Å². The van der Waals surface area contributed by atoms with Gasteiger partial charge in [0.2, 0.25) is 5.91 Å². The van der Waals surface area contributed by atoms with Crippen molar-refractivity contribution >= 4 is 34.0 Å². The Bertz CT molecular complexity index is 1070. The van der Waals surface area contributed by atoms with Gasteiger partial charge in [-0.1, -0.05) is 53.7 Å². The lowest BCUT2D eigenvalue weighted by molar-refractivity contribution is -0.126. The van der Waals surface area contributed by atoms with Gasteiger partial charge in [0.25, 0.3) is 5.91 Å². The minimum absolute atomic E-state index is 0.125. The summed E-state index contributed by atoms with van der Waals surface area (Å²) in [5.41, 5.74) is 3.22. The number of fused-ring (bicyclic) bond motifs is 1. The Kier molecular flexibility index (Phi) is 6.80. The largest absolute Gasteiger partial charge is 0.385 e. The highest BCUT2D eigenvalue weighted by atomic mass is 16.6. The van der Waals surface area contributed by atoms with Crippen molar-refractivity contribution in [3.8, 4) is 0 Å². The van der Waals surface area contributed by atoms with Crippen LogP contribution in [0.2, 0.25) is 0 Å². The summed E-state index contributed by atoms with van der Waals surface area (Å²) in [6, 6.07) is 21.3. The molecule has 0 radical (unpaired) electrons. The number of oxime groups is 1. The zero-order chi connectivity index (χ0) is 21.5. The lowest BCUT2D eigenvalue weighted by Crippen LogP contribution is -2.29. The van der Waals surface area contributed by atoms with Crippen molar-refractivity contribution < 1.29 is 14.4 Å². The molecule has 6 heteroatoms. The van der Waals surface area contributed by atoms with Gasteiger partial charge in [0.1, 0.15) is 0 Å². The summed E-state index contributed by atoms with van der Waals surface area (Å²) in [7, 11) is 0. The van der Waals surface area contributed by atoms with E-state index in [1.54, 1.807) is 19.1 Å². The minimum atomic E-state index is -0.242. The third kappa shape index (κ3) is 5.67. The van der Waals surface area contributed by atoms with Crippen LogP contribution in [0.1, 0.15) is 37.9 Å². The molecule has 0 saturated carbocycles. The monoisotopic (exact) mass is 403 g/mol. The third-order valence-corrected chi connectivity index (χ3v) is 4.67. The molecule has 0 saturated heterocycles. The van der Waals surface area contributed by atoms with Gasteiger partial charge in [-0.25, -0.2) is 0 Å². The average molecular weight is 403 g/mol. The fourth-order valence-corrected chi connectivity index (χ4v) is 3.08. The molecule has 0 aromatic heterocycles. The van der Waals surface area contributed by atoms with Crippen molar-refractivity contribution in [1.82, 2.24) is 5.32 Å². The van der Waals surface area contributed by atoms with Crippen molar-refractivity contribution in [2.75, 3.05) is 11.9 Å². The van der Waals surface area contributed by atoms with Gasteiger partial charge in [0, 0.05) is 12.6 Å². The lowest BCUT2D eigenvalue weighted by atomic mass is 10.0. The molecular formula is C24H25N3O3. The van der Waals surface area contributed by atoms with E-state index in [9.17, 15) is 9.59 Å². The van der Waals surface area contributed by atoms with Crippen molar-refractivity contribution in [1.29, 1.82) is 0 Å². The van der Waals surface area contributed by atoms with Crippen LogP contribution in [0.15, 0.2) is 71.9 Å². The first kappa shape index (κ1) is 21.0. The number of amides is 2. The van der Waals surface area contributed by atoms with E-state index in [1.807, 2.05) is 37.3 Å². The zero-order valence-electron chi connectivity index (χ0n) is 17.3. The van der Waals surface area contributed by atoms with E-state index in [2.05, 4.69) is 40.1 Å². The van der Waals surface area contributed by atoms with E-state index < -0.39 is 0 Å². The highest BCUT2D eigenvalue weighted by molar-refractivity contribution is 5.99. The topological polar surface area (TPSA) is 79.8 Å². The van der Waals surface area contributed by atoms with Crippen LogP contribution in [0, 0.1) is 0 Å². The molecule has 0 aliphatic heterocycles. The summed E-state index contributed by atoms with van der Waals surface area (Å²) in [6.07, 6.45) is 0. The van der Waals surface area contributed by atoms with Gasteiger partial charge in [0.15, 0.2) is 6.61 Å². The van der Waals surface area contributed by atoms with Gasteiger partial charge in [-0.3, -0.25) is 9.59 Å². The van der Waals surface area contributed by atoms with Gasteiger partial charge in [-0.05, 0) is 53.9 Å². The number of carbonyl (C=O) groups excluding carboxylic acids is 2. The first-order chi connectivity index (χ1) is 14.4. The molecule has 0 heterocycles. The second kappa shape index (κ2) is 9.69. The van der Waals surface area contributed by atoms with Gasteiger partial charge >= 0.3 is 0 Å². The summed E-state index contributed by atoms with van der Waals surface area (Å²) >= 11 is 0. The predicted octanol–water partition coefficient (Wildman–Crippen LogP) is 4.42. The van der Waals surface area contributed by atoms with E-state index >= 15 is 0 Å². The molecule has 30 heavy (non-hydrogen) atoms. The SMILES string of the molecule is CC(=O)Nc1ccc(C(C)=NOCC(=O)NC(C)c2ccc3ccccc3c2)cc1. The van der Waals surface area contributed by atoms with Crippen LogP contribution in [0.3, 0.4) is 0 Å². The molecule has 3 aromatic carbocycles. The standard InChI is InChI=1S/C24H25N3O3/c1-16(21-9-8-20-6-4-5-7-22(20)14-21)25-24(29)15-30-27-17(2)19-10-12-23(13-11-19)26-18(3)28/h4-14,16H,15H2,1-3H3,(H,25,29)(H,26,28). The first-order valence-electron chi connectivity index (χ1n) is 9.75. The Morgan fingerprint density at radius 1 is 0.967 bits per heavy atom. The quantitative estimate of drug-likeness (QED) is 0.453. The molecule has 2 N–H and O–H groups in total. The summed E-state index contributed by atoms with van der Waals surface area (Å²) in [5.74, 6) is -0.367. The highest BCUT2D eigenvalue weighted by Crippen LogP contribution is 2.20. The number of anilines is 1. The molecule has 0 spiro atoms. The Labute approximate surface area is 175 Å². The second-order valence-corrected chi connectivity index (χ2v) is 7.10. The zero-order valence-corrected chi connectivity index (χ0v) is 17.3. The van der Waals surface area contributed by atoms with Crippen molar-refractivity contribution in [2.45, 2.75) is 26.8 Å². The van der Waals surface area contributed by atoms with Crippen LogP contribution in [0.4, 0.5) is 5.69 Å². The van der Waals surface area contributed by atoms with Crippen LogP contribution in [-0.4, -0.2) is 24.1 Å². The van der Waals surface area contributed by atoms with Crippen molar-refractivity contribution in [2.24, 2.45) is 5.16 Å². The maximum atomic E-state index is 12.2. The van der Waals surface area contributed by atoms with E-state index in [4.69, 9.17) is 4.84 Å². The first-order valence-corrected chi connectivity index (χ1v) is 9.75. The highest BCUT2D eigenvalue weighted by Gasteiger charge is 2.11. The van der Waals surface area contributed by atoms with Gasteiger partial charge in [-0.15, -0.1) is 0 Å². The number of hydrogen-bond acceptors (Lipinski definition) is 4. The Morgan fingerprint density at radius 3 is 2.37 bits per heavy atom. The number of carbonyl (C=O) groups is 2. The van der Waals surface area contributed by atoms with Crippen LogP contribution in [0.25, 0.3) is 10.8 Å². The summed E-state index contributed by atoms with van der Waals surface area (Å²) in [5, 5.41) is 11.9. The maximum absolute atomic E-state index is 12.2. The van der Waals surface area contributed by atoms with Crippen LogP contribution < -0.4 is 10.6 Å². The molecule has 2 amide bonds. The fraction of sp³-hybridized carbons (Fsp3) is 0.208.